The molecule has 0 aliphatic carbocycles. The highest BCUT2D eigenvalue weighted by Crippen LogP contribution is 2.29. The lowest BCUT2D eigenvalue weighted by atomic mass is 9.80. The first-order valence-corrected chi connectivity index (χ1v) is 13.4. The van der Waals surface area contributed by atoms with Crippen LogP contribution in [-0.2, 0) is 6.42 Å². The van der Waals surface area contributed by atoms with Crippen LogP contribution in [0, 0.1) is 0 Å². The molecule has 1 saturated heterocycles. The molecule has 1 unspecified atom stereocenters. The van der Waals surface area contributed by atoms with Gasteiger partial charge in [-0.25, -0.2) is 0 Å². The van der Waals surface area contributed by atoms with Gasteiger partial charge in [0.1, 0.15) is 0 Å². The van der Waals surface area contributed by atoms with Crippen LogP contribution in [0.5, 0.6) is 0 Å². The predicted molar refractivity (Wildman–Crippen MR) is 157 cm³/mol. The lowest BCUT2D eigenvalue weighted by Gasteiger charge is -2.38. The molecule has 6 nitrogen and oxygen atoms in total. The van der Waals surface area contributed by atoms with Crippen molar-refractivity contribution in [3.05, 3.63) is 95.1 Å². The van der Waals surface area contributed by atoms with Crippen LogP contribution in [0.2, 0.25) is 0 Å². The maximum Gasteiger partial charge on any atom is 0.193 e. The summed E-state index contributed by atoms with van der Waals surface area (Å²) in [7, 11) is 7.91. The second-order valence-corrected chi connectivity index (χ2v) is 10.5. The summed E-state index contributed by atoms with van der Waals surface area (Å²) in [6, 6.07) is 23.4. The predicted octanol–water partition coefficient (Wildman–Crippen LogP) is 4.53. The maximum absolute atomic E-state index is 13.9. The van der Waals surface area contributed by atoms with Crippen LogP contribution in [0.4, 0.5) is 11.4 Å². The molecule has 0 spiro atoms. The average molecular weight is 513 g/mol. The van der Waals surface area contributed by atoms with Gasteiger partial charge in [0.2, 0.25) is 0 Å². The number of ketones is 2. The van der Waals surface area contributed by atoms with E-state index in [-0.39, 0.29) is 11.6 Å². The highest BCUT2D eigenvalue weighted by atomic mass is 16.1. The van der Waals surface area contributed by atoms with E-state index in [1.807, 2.05) is 98.7 Å². The number of Topliss-reactive ketones (excluding diaryl/α,β-unsaturated/α-hetero) is 1. The SMILES string of the molecule is CCC(Cc1ccc(C(=O)c2ccc(N(C)C)cc2)cc1)(C(=O)c1ccc(N2CCNCC2)cc1)N(C)C. The van der Waals surface area contributed by atoms with Crippen molar-refractivity contribution in [2.75, 3.05) is 64.2 Å². The Morgan fingerprint density at radius 1 is 0.789 bits per heavy atom. The Balaban J connectivity index is 1.52. The van der Waals surface area contributed by atoms with E-state index in [9.17, 15) is 9.59 Å². The van der Waals surface area contributed by atoms with E-state index in [0.717, 1.165) is 48.7 Å². The van der Waals surface area contributed by atoms with E-state index >= 15 is 0 Å². The number of hydrogen-bond acceptors (Lipinski definition) is 6. The number of likely N-dealkylation sites (N-methyl/N-ethyl adjacent to an activating group) is 1. The number of anilines is 2. The van der Waals surface area contributed by atoms with Gasteiger partial charge in [0, 0.05) is 68.3 Å². The Labute approximate surface area is 227 Å². The molecule has 4 rings (SSSR count). The number of nitrogens with zero attached hydrogens (tertiary/aromatic N) is 3. The van der Waals surface area contributed by atoms with Gasteiger partial charge in [-0.3, -0.25) is 14.5 Å². The fraction of sp³-hybridized carbons (Fsp3) is 0.375. The quantitative estimate of drug-likeness (QED) is 0.403. The van der Waals surface area contributed by atoms with Gasteiger partial charge in [-0.05, 0) is 81.0 Å². The molecule has 38 heavy (non-hydrogen) atoms. The summed E-state index contributed by atoms with van der Waals surface area (Å²) in [6.07, 6.45) is 1.25. The molecule has 0 bridgehead atoms. The van der Waals surface area contributed by atoms with Gasteiger partial charge >= 0.3 is 0 Å². The van der Waals surface area contributed by atoms with Crippen LogP contribution < -0.4 is 15.1 Å². The van der Waals surface area contributed by atoms with Crippen molar-refractivity contribution in [3.8, 4) is 0 Å². The molecule has 1 atom stereocenters. The monoisotopic (exact) mass is 512 g/mol. The zero-order valence-electron chi connectivity index (χ0n) is 23.3. The van der Waals surface area contributed by atoms with Crippen molar-refractivity contribution in [1.82, 2.24) is 10.2 Å². The summed E-state index contributed by atoms with van der Waals surface area (Å²) in [6.45, 7) is 5.98. The van der Waals surface area contributed by atoms with Gasteiger partial charge in [0.05, 0.1) is 5.54 Å². The van der Waals surface area contributed by atoms with Gasteiger partial charge in [0.25, 0.3) is 0 Å². The van der Waals surface area contributed by atoms with E-state index in [1.165, 1.54) is 0 Å². The Bertz CT molecular complexity index is 1230. The zero-order chi connectivity index (χ0) is 27.3. The van der Waals surface area contributed by atoms with Crippen LogP contribution in [0.1, 0.15) is 45.2 Å². The van der Waals surface area contributed by atoms with E-state index in [4.69, 9.17) is 0 Å². The lowest BCUT2D eigenvalue weighted by molar-refractivity contribution is 0.0666. The molecule has 0 saturated carbocycles. The van der Waals surface area contributed by atoms with Gasteiger partial charge in [0.15, 0.2) is 11.6 Å². The first kappa shape index (κ1) is 27.6. The minimum absolute atomic E-state index is 0.00290. The van der Waals surface area contributed by atoms with Gasteiger partial charge in [-0.2, -0.15) is 0 Å². The topological polar surface area (TPSA) is 55.9 Å². The van der Waals surface area contributed by atoms with E-state index in [1.54, 1.807) is 0 Å². The summed E-state index contributed by atoms with van der Waals surface area (Å²) in [5, 5.41) is 3.38. The second kappa shape index (κ2) is 11.9. The maximum atomic E-state index is 13.9. The van der Waals surface area contributed by atoms with Crippen molar-refractivity contribution < 1.29 is 9.59 Å². The molecule has 200 valence electrons. The Kier molecular flexibility index (Phi) is 8.65. The van der Waals surface area contributed by atoms with Crippen LogP contribution in [0.25, 0.3) is 0 Å². The molecule has 6 heteroatoms. The molecule has 1 aliphatic heterocycles. The van der Waals surface area contributed by atoms with Crippen molar-refractivity contribution >= 4 is 22.9 Å². The minimum Gasteiger partial charge on any atom is -0.378 e. The molecule has 1 fully saturated rings. The zero-order valence-corrected chi connectivity index (χ0v) is 23.3. The summed E-state index contributed by atoms with van der Waals surface area (Å²) >= 11 is 0. The largest absolute Gasteiger partial charge is 0.378 e. The third kappa shape index (κ3) is 5.82. The molecular formula is C32H40N4O2. The molecule has 3 aromatic rings. The van der Waals surface area contributed by atoms with Crippen LogP contribution >= 0.6 is 0 Å². The normalized spacial score (nSPS) is 15.3. The number of hydrogen-bond donors (Lipinski definition) is 1. The van der Waals surface area contributed by atoms with Crippen molar-refractivity contribution in [2.45, 2.75) is 25.3 Å². The smallest absolute Gasteiger partial charge is 0.193 e. The molecule has 0 amide bonds. The summed E-state index contributed by atoms with van der Waals surface area (Å²) in [5.41, 5.74) is 4.61. The summed E-state index contributed by atoms with van der Waals surface area (Å²) in [4.78, 5) is 33.4. The van der Waals surface area contributed by atoms with Crippen LogP contribution in [-0.4, -0.2) is 76.4 Å². The third-order valence-electron chi connectivity index (χ3n) is 7.83. The summed E-state index contributed by atoms with van der Waals surface area (Å²) < 4.78 is 0. The van der Waals surface area contributed by atoms with Crippen molar-refractivity contribution in [3.63, 3.8) is 0 Å². The Morgan fingerprint density at radius 2 is 1.32 bits per heavy atom. The molecule has 3 aromatic carbocycles. The van der Waals surface area contributed by atoms with E-state index < -0.39 is 5.54 Å². The number of nitrogens with one attached hydrogen (secondary N) is 1. The highest BCUT2D eigenvalue weighted by Gasteiger charge is 2.39. The lowest BCUT2D eigenvalue weighted by Crippen LogP contribution is -2.52. The molecule has 1 N–H and O–H groups in total. The van der Waals surface area contributed by atoms with Crippen molar-refractivity contribution in [1.29, 1.82) is 0 Å². The first-order valence-electron chi connectivity index (χ1n) is 13.4. The van der Waals surface area contributed by atoms with Crippen molar-refractivity contribution in [2.24, 2.45) is 0 Å². The third-order valence-corrected chi connectivity index (χ3v) is 7.83. The second-order valence-electron chi connectivity index (χ2n) is 10.5. The average Bonchev–Trinajstić information content (AvgIpc) is 2.96. The molecular weight excluding hydrogens is 472 g/mol. The van der Waals surface area contributed by atoms with E-state index in [0.29, 0.717) is 24.0 Å². The Morgan fingerprint density at radius 3 is 1.82 bits per heavy atom. The fourth-order valence-electron chi connectivity index (χ4n) is 5.25. The Hall–Kier alpha value is -3.48. The standard InChI is InChI=1S/C32H40N4O2/c1-6-32(35(4)5,31(38)27-13-17-29(18-14-27)36-21-19-33-20-22-36)23-24-7-9-25(10-8-24)30(37)26-11-15-28(16-12-26)34(2)3/h7-18,33H,6,19-23H2,1-5H3. The number of rotatable bonds is 10. The van der Waals surface area contributed by atoms with Crippen LogP contribution in [0.3, 0.4) is 0 Å². The fourth-order valence-corrected chi connectivity index (χ4v) is 5.25. The number of carbonyl (C=O) groups is 2. The molecule has 0 radical (unpaired) electrons. The van der Waals surface area contributed by atoms with Crippen LogP contribution in [0.15, 0.2) is 72.8 Å². The highest BCUT2D eigenvalue weighted by molar-refractivity contribution is 6.09. The summed E-state index contributed by atoms with van der Waals surface area (Å²) in [5.74, 6) is 0.120. The first-order chi connectivity index (χ1) is 18.2. The minimum atomic E-state index is -0.676. The molecule has 1 heterocycles. The molecule has 0 aromatic heterocycles. The number of piperazine rings is 1. The van der Waals surface area contributed by atoms with Gasteiger partial charge < -0.3 is 15.1 Å². The van der Waals surface area contributed by atoms with Gasteiger partial charge in [-0.15, -0.1) is 0 Å². The molecule has 1 aliphatic rings. The number of carbonyl (C=O) groups excluding carboxylic acids is 2. The number of benzene rings is 3. The van der Waals surface area contributed by atoms with Gasteiger partial charge in [-0.1, -0.05) is 31.2 Å². The van der Waals surface area contributed by atoms with E-state index in [2.05, 4.69) is 29.3 Å².